The number of ketones is 1. The maximum Gasteiger partial charge on any atom is 0.160 e. The Labute approximate surface area is 121 Å². The number of anilines is 1. The van der Waals surface area contributed by atoms with Gasteiger partial charge in [-0.2, -0.15) is 0 Å². The lowest BCUT2D eigenvalue weighted by Crippen LogP contribution is -2.14. The number of benzene rings is 2. The molecule has 0 aromatic heterocycles. The zero-order valence-electron chi connectivity index (χ0n) is 10.7. The van der Waals surface area contributed by atoms with Crippen LogP contribution < -0.4 is 4.90 Å². The van der Waals surface area contributed by atoms with Gasteiger partial charge in [0.05, 0.1) is 0 Å². The maximum absolute atomic E-state index is 11.4. The van der Waals surface area contributed by atoms with Gasteiger partial charge in [0.1, 0.15) is 0 Å². The third-order valence-electron chi connectivity index (χ3n) is 3.54. The number of carbonyl (C=O) groups is 1. The number of hydrogen-bond donors (Lipinski definition) is 0. The van der Waals surface area contributed by atoms with Crippen LogP contribution in [-0.2, 0) is 13.1 Å². The first-order valence-electron chi connectivity index (χ1n) is 6.27. The Bertz CT molecular complexity index is 626. The molecule has 2 aromatic rings. The molecule has 0 N–H and O–H groups in total. The van der Waals surface area contributed by atoms with Crippen molar-refractivity contribution in [1.29, 1.82) is 0 Å². The third kappa shape index (κ3) is 2.30. The van der Waals surface area contributed by atoms with Crippen LogP contribution in [0.4, 0.5) is 5.69 Å². The Morgan fingerprint density at radius 1 is 1.11 bits per heavy atom. The van der Waals surface area contributed by atoms with E-state index in [2.05, 4.69) is 45.1 Å². The van der Waals surface area contributed by atoms with E-state index in [1.807, 2.05) is 18.2 Å². The summed E-state index contributed by atoms with van der Waals surface area (Å²) in [7, 11) is 0. The Balaban J connectivity index is 1.90. The minimum atomic E-state index is 0.0862. The van der Waals surface area contributed by atoms with E-state index < -0.39 is 0 Å². The fraction of sp³-hybridized carbons (Fsp3) is 0.188. The van der Waals surface area contributed by atoms with Crippen LogP contribution in [0.15, 0.2) is 46.9 Å². The molecule has 0 bridgehead atoms. The molecule has 2 nitrogen and oxygen atoms in total. The summed E-state index contributed by atoms with van der Waals surface area (Å²) in [5.74, 6) is 0.0862. The van der Waals surface area contributed by atoms with E-state index in [1.165, 1.54) is 11.1 Å². The molecule has 2 aromatic carbocycles. The minimum Gasteiger partial charge on any atom is -0.363 e. The zero-order chi connectivity index (χ0) is 13.4. The quantitative estimate of drug-likeness (QED) is 0.775. The van der Waals surface area contributed by atoms with Gasteiger partial charge in [-0.3, -0.25) is 4.79 Å². The van der Waals surface area contributed by atoms with Crippen LogP contribution in [0.3, 0.4) is 0 Å². The molecule has 0 saturated heterocycles. The first-order valence-corrected chi connectivity index (χ1v) is 7.06. The van der Waals surface area contributed by atoms with E-state index >= 15 is 0 Å². The van der Waals surface area contributed by atoms with Gasteiger partial charge in [-0.1, -0.05) is 24.3 Å². The van der Waals surface area contributed by atoms with E-state index in [0.717, 1.165) is 28.8 Å². The summed E-state index contributed by atoms with van der Waals surface area (Å²) in [4.78, 5) is 13.8. The van der Waals surface area contributed by atoms with Crippen molar-refractivity contribution >= 4 is 27.4 Å². The van der Waals surface area contributed by atoms with Gasteiger partial charge in [0, 0.05) is 28.8 Å². The summed E-state index contributed by atoms with van der Waals surface area (Å²) in [5.41, 5.74) is 4.65. The molecular weight excluding hydrogens is 302 g/mol. The lowest BCUT2D eigenvalue weighted by atomic mass is 10.1. The molecule has 3 rings (SSSR count). The Morgan fingerprint density at radius 2 is 1.74 bits per heavy atom. The highest BCUT2D eigenvalue weighted by Gasteiger charge is 2.19. The maximum atomic E-state index is 11.4. The van der Waals surface area contributed by atoms with Gasteiger partial charge < -0.3 is 4.90 Å². The lowest BCUT2D eigenvalue weighted by molar-refractivity contribution is 0.101. The van der Waals surface area contributed by atoms with Gasteiger partial charge in [-0.15, -0.1) is 0 Å². The predicted octanol–water partition coefficient (Wildman–Crippen LogP) is 4.17. The molecule has 0 atom stereocenters. The number of nitrogens with zero attached hydrogens (tertiary/aromatic N) is 1. The van der Waals surface area contributed by atoms with Crippen LogP contribution in [0.25, 0.3) is 0 Å². The van der Waals surface area contributed by atoms with E-state index in [4.69, 9.17) is 0 Å². The van der Waals surface area contributed by atoms with E-state index in [9.17, 15) is 4.79 Å². The standard InChI is InChI=1S/C16H14BrNO/c1-11(19)15-7-6-14(8-16(15)17)18-9-12-4-2-3-5-13(12)10-18/h2-8H,9-10H2,1H3. The first kappa shape index (κ1) is 12.4. The molecular formula is C16H14BrNO. The smallest absolute Gasteiger partial charge is 0.160 e. The van der Waals surface area contributed by atoms with Crippen molar-refractivity contribution in [3.63, 3.8) is 0 Å². The van der Waals surface area contributed by atoms with Gasteiger partial charge in [0.15, 0.2) is 5.78 Å². The molecule has 0 radical (unpaired) electrons. The molecule has 0 saturated carbocycles. The Kier molecular flexibility index (Phi) is 3.15. The summed E-state index contributed by atoms with van der Waals surface area (Å²) in [6.45, 7) is 3.45. The van der Waals surface area contributed by atoms with Crippen LogP contribution >= 0.6 is 15.9 Å². The first-order chi connectivity index (χ1) is 9.15. The van der Waals surface area contributed by atoms with Gasteiger partial charge in [-0.05, 0) is 52.2 Å². The van der Waals surface area contributed by atoms with Crippen LogP contribution in [0, 0.1) is 0 Å². The van der Waals surface area contributed by atoms with Crippen molar-refractivity contribution in [1.82, 2.24) is 0 Å². The topological polar surface area (TPSA) is 20.3 Å². The second-order valence-electron chi connectivity index (χ2n) is 4.85. The Morgan fingerprint density at radius 3 is 2.26 bits per heavy atom. The van der Waals surface area contributed by atoms with Crippen LogP contribution in [0.2, 0.25) is 0 Å². The highest BCUT2D eigenvalue weighted by molar-refractivity contribution is 9.10. The fourth-order valence-corrected chi connectivity index (χ4v) is 3.15. The van der Waals surface area contributed by atoms with Crippen LogP contribution in [0.1, 0.15) is 28.4 Å². The summed E-state index contributed by atoms with van der Waals surface area (Å²) < 4.78 is 0.869. The van der Waals surface area contributed by atoms with Crippen molar-refractivity contribution in [2.75, 3.05) is 4.90 Å². The number of Topliss-reactive ketones (excluding diaryl/α,β-unsaturated/α-hetero) is 1. The predicted molar refractivity (Wildman–Crippen MR) is 80.5 cm³/mol. The molecule has 96 valence electrons. The van der Waals surface area contributed by atoms with Gasteiger partial charge in [-0.25, -0.2) is 0 Å². The summed E-state index contributed by atoms with van der Waals surface area (Å²) >= 11 is 3.48. The van der Waals surface area contributed by atoms with Crippen molar-refractivity contribution in [2.45, 2.75) is 20.0 Å². The van der Waals surface area contributed by atoms with Gasteiger partial charge >= 0.3 is 0 Å². The molecule has 0 fully saturated rings. The minimum absolute atomic E-state index is 0.0862. The van der Waals surface area contributed by atoms with Gasteiger partial charge in [0.25, 0.3) is 0 Å². The molecule has 0 aliphatic carbocycles. The molecule has 0 spiro atoms. The lowest BCUT2D eigenvalue weighted by Gasteiger charge is -2.18. The third-order valence-corrected chi connectivity index (χ3v) is 4.19. The number of halogens is 1. The monoisotopic (exact) mass is 315 g/mol. The Hall–Kier alpha value is -1.61. The number of hydrogen-bond acceptors (Lipinski definition) is 2. The number of carbonyl (C=O) groups excluding carboxylic acids is 1. The van der Waals surface area contributed by atoms with Crippen molar-refractivity contribution in [3.8, 4) is 0 Å². The van der Waals surface area contributed by atoms with Crippen molar-refractivity contribution < 1.29 is 4.79 Å². The second-order valence-corrected chi connectivity index (χ2v) is 5.70. The summed E-state index contributed by atoms with van der Waals surface area (Å²) in [6, 6.07) is 14.5. The number of fused-ring (bicyclic) bond motifs is 1. The SMILES string of the molecule is CC(=O)c1ccc(N2Cc3ccccc3C2)cc1Br. The van der Waals surface area contributed by atoms with Crippen LogP contribution in [-0.4, -0.2) is 5.78 Å². The van der Waals surface area contributed by atoms with E-state index in [1.54, 1.807) is 6.92 Å². The van der Waals surface area contributed by atoms with Crippen molar-refractivity contribution in [2.24, 2.45) is 0 Å². The van der Waals surface area contributed by atoms with Crippen molar-refractivity contribution in [3.05, 3.63) is 63.6 Å². The summed E-state index contributed by atoms with van der Waals surface area (Å²) in [6.07, 6.45) is 0. The molecule has 3 heteroatoms. The highest BCUT2D eigenvalue weighted by Crippen LogP contribution is 2.31. The van der Waals surface area contributed by atoms with Gasteiger partial charge in [0.2, 0.25) is 0 Å². The van der Waals surface area contributed by atoms with E-state index in [0.29, 0.717) is 0 Å². The fourth-order valence-electron chi connectivity index (χ4n) is 2.50. The molecule has 1 heterocycles. The second kappa shape index (κ2) is 4.82. The van der Waals surface area contributed by atoms with Crippen LogP contribution in [0.5, 0.6) is 0 Å². The largest absolute Gasteiger partial charge is 0.363 e. The van der Waals surface area contributed by atoms with E-state index in [-0.39, 0.29) is 5.78 Å². The summed E-state index contributed by atoms with van der Waals surface area (Å²) in [5, 5.41) is 0. The zero-order valence-corrected chi connectivity index (χ0v) is 12.3. The normalized spacial score (nSPS) is 13.5. The molecule has 0 amide bonds. The molecule has 0 unspecified atom stereocenters. The molecule has 1 aliphatic rings. The average Bonchev–Trinajstić information content (AvgIpc) is 2.81. The number of rotatable bonds is 2. The average molecular weight is 316 g/mol. The molecule has 1 aliphatic heterocycles. The highest BCUT2D eigenvalue weighted by atomic mass is 79.9. The molecule has 19 heavy (non-hydrogen) atoms.